The molecule has 254 valence electrons. The van der Waals surface area contributed by atoms with Crippen LogP contribution in [-0.4, -0.2) is 59.6 Å². The molecule has 48 heavy (non-hydrogen) atoms. The van der Waals surface area contributed by atoms with Crippen LogP contribution in [-0.2, 0) is 24.6 Å². The van der Waals surface area contributed by atoms with Gasteiger partial charge in [0.2, 0.25) is 0 Å². The zero-order valence-corrected chi connectivity index (χ0v) is 28.9. The van der Waals surface area contributed by atoms with Gasteiger partial charge in [-0.3, -0.25) is 9.36 Å². The predicted octanol–water partition coefficient (Wildman–Crippen LogP) is 5.86. The second-order valence-electron chi connectivity index (χ2n) is 12.6. The van der Waals surface area contributed by atoms with E-state index in [1.54, 1.807) is 41.2 Å². The Morgan fingerprint density at radius 3 is 2.04 bits per heavy atom. The van der Waals surface area contributed by atoms with Crippen LogP contribution in [0.1, 0.15) is 55.7 Å². The van der Waals surface area contributed by atoms with Crippen molar-refractivity contribution in [2.75, 3.05) is 26.8 Å². The number of aromatic nitrogens is 2. The second kappa shape index (κ2) is 14.9. The van der Waals surface area contributed by atoms with Crippen molar-refractivity contribution in [1.82, 2.24) is 9.55 Å². The number of ether oxygens (including phenoxy) is 5. The fraction of sp³-hybridized carbons (Fsp3) is 0.378. The SMILES string of the molecule is COc1ccc(C(OC[C@H]2O[C@@H](n3cc(C)c(SCOC(=O)C(C)(C)C)nc3=O)C[C@@H]2O)(c2ccccc2)c2ccc(OC)cc2)cc1. The van der Waals surface area contributed by atoms with Gasteiger partial charge >= 0.3 is 11.7 Å². The number of esters is 1. The maximum absolute atomic E-state index is 13.1. The fourth-order valence-corrected chi connectivity index (χ4v) is 6.28. The quantitative estimate of drug-likeness (QED) is 0.0643. The lowest BCUT2D eigenvalue weighted by Gasteiger charge is -2.37. The number of hydrogen-bond donors (Lipinski definition) is 1. The molecule has 1 aromatic heterocycles. The molecule has 10 nitrogen and oxygen atoms in total. The van der Waals surface area contributed by atoms with Crippen LogP contribution in [0.5, 0.6) is 11.5 Å². The van der Waals surface area contributed by atoms with E-state index in [0.717, 1.165) is 16.7 Å². The standard InChI is InChI=1S/C37H42N2O8S/c1-24-21-39(35(42)38-33(24)48-23-45-34(41)36(2,3)4)32-20-30(40)31(47-32)22-46-37(25-10-8-7-9-11-25,26-12-16-28(43-5)17-13-26)27-14-18-29(44-6)19-15-27/h7-19,21,30-32,40H,20,22-23H2,1-6H3/t30-,31+,32+/m0/s1. The van der Waals surface area contributed by atoms with Crippen LogP contribution in [0.15, 0.2) is 94.9 Å². The van der Waals surface area contributed by atoms with Gasteiger partial charge in [0.05, 0.1) is 32.3 Å². The highest BCUT2D eigenvalue weighted by Crippen LogP contribution is 2.42. The number of aliphatic hydroxyl groups is 1. The highest BCUT2D eigenvalue weighted by molar-refractivity contribution is 7.99. The fourth-order valence-electron chi connectivity index (χ4n) is 5.58. The molecule has 3 aromatic carbocycles. The summed E-state index contributed by atoms with van der Waals surface area (Å²) in [6.07, 6.45) is -0.569. The van der Waals surface area contributed by atoms with Crippen LogP contribution in [0.3, 0.4) is 0 Å². The molecule has 0 radical (unpaired) electrons. The molecule has 1 fully saturated rings. The van der Waals surface area contributed by atoms with Gasteiger partial charge in [-0.05, 0) is 74.2 Å². The number of aryl methyl sites for hydroxylation is 1. The van der Waals surface area contributed by atoms with E-state index >= 15 is 0 Å². The van der Waals surface area contributed by atoms with E-state index in [2.05, 4.69) is 4.98 Å². The molecule has 0 amide bonds. The summed E-state index contributed by atoms with van der Waals surface area (Å²) in [4.78, 5) is 29.5. The van der Waals surface area contributed by atoms with Gasteiger partial charge in [0.1, 0.15) is 40.4 Å². The van der Waals surface area contributed by atoms with E-state index in [1.165, 1.54) is 16.3 Å². The Labute approximate surface area is 285 Å². The van der Waals surface area contributed by atoms with Crippen molar-refractivity contribution in [3.8, 4) is 11.5 Å². The molecule has 0 unspecified atom stereocenters. The van der Waals surface area contributed by atoms with E-state index in [4.69, 9.17) is 23.7 Å². The summed E-state index contributed by atoms with van der Waals surface area (Å²) in [5, 5.41) is 11.6. The van der Waals surface area contributed by atoms with Crippen molar-refractivity contribution in [3.05, 3.63) is 118 Å². The first-order chi connectivity index (χ1) is 23.0. The number of nitrogens with zero attached hydrogens (tertiary/aromatic N) is 2. The topological polar surface area (TPSA) is 118 Å². The maximum atomic E-state index is 13.1. The number of benzene rings is 3. The summed E-state index contributed by atoms with van der Waals surface area (Å²) in [6.45, 7) is 7.16. The summed E-state index contributed by atoms with van der Waals surface area (Å²) in [5.74, 6) is 1.12. The predicted molar refractivity (Wildman–Crippen MR) is 182 cm³/mol. The average Bonchev–Trinajstić information content (AvgIpc) is 3.46. The molecule has 0 spiro atoms. The smallest absolute Gasteiger partial charge is 0.350 e. The summed E-state index contributed by atoms with van der Waals surface area (Å²) >= 11 is 1.17. The van der Waals surface area contributed by atoms with E-state index in [-0.39, 0.29) is 24.9 Å². The normalized spacial score (nSPS) is 18.0. The van der Waals surface area contributed by atoms with Crippen molar-refractivity contribution in [2.24, 2.45) is 5.41 Å². The molecule has 0 bridgehead atoms. The van der Waals surface area contributed by atoms with Crippen LogP contribution in [0.25, 0.3) is 0 Å². The summed E-state index contributed by atoms with van der Waals surface area (Å²) in [6, 6.07) is 25.2. The third-order valence-corrected chi connectivity index (χ3v) is 9.16. The van der Waals surface area contributed by atoms with Gasteiger partial charge in [-0.15, -0.1) is 0 Å². The summed E-state index contributed by atoms with van der Waals surface area (Å²) < 4.78 is 30.8. The Hall–Kier alpha value is -4.16. The van der Waals surface area contributed by atoms with E-state index in [9.17, 15) is 14.7 Å². The molecular weight excluding hydrogens is 632 g/mol. The second-order valence-corrected chi connectivity index (χ2v) is 13.5. The van der Waals surface area contributed by atoms with Gasteiger partial charge in [-0.1, -0.05) is 66.4 Å². The highest BCUT2D eigenvalue weighted by atomic mass is 32.2. The van der Waals surface area contributed by atoms with Gasteiger partial charge in [0, 0.05) is 12.6 Å². The van der Waals surface area contributed by atoms with Crippen molar-refractivity contribution in [1.29, 1.82) is 0 Å². The molecule has 1 aliphatic rings. The lowest BCUT2D eigenvalue weighted by molar-refractivity contribution is -0.150. The lowest BCUT2D eigenvalue weighted by atomic mass is 9.80. The number of methoxy groups -OCH3 is 2. The molecule has 1 N–H and O–H groups in total. The van der Waals surface area contributed by atoms with Crippen molar-refractivity contribution in [2.45, 2.75) is 63.2 Å². The molecule has 0 aliphatic carbocycles. The lowest BCUT2D eigenvalue weighted by Crippen LogP contribution is -2.38. The number of carbonyl (C=O) groups excluding carboxylic acids is 1. The van der Waals surface area contributed by atoms with Crippen molar-refractivity contribution >= 4 is 17.7 Å². The number of hydrogen-bond acceptors (Lipinski definition) is 10. The Morgan fingerprint density at radius 1 is 0.938 bits per heavy atom. The van der Waals surface area contributed by atoms with Crippen LogP contribution < -0.4 is 15.2 Å². The van der Waals surface area contributed by atoms with Gasteiger partial charge in [-0.25, -0.2) is 4.79 Å². The van der Waals surface area contributed by atoms with Gasteiger partial charge in [0.25, 0.3) is 0 Å². The van der Waals surface area contributed by atoms with Crippen LogP contribution in [0, 0.1) is 12.3 Å². The monoisotopic (exact) mass is 674 g/mol. The molecule has 5 rings (SSSR count). The summed E-state index contributed by atoms with van der Waals surface area (Å²) in [7, 11) is 3.24. The first-order valence-corrected chi connectivity index (χ1v) is 16.7. The van der Waals surface area contributed by atoms with Crippen molar-refractivity contribution in [3.63, 3.8) is 0 Å². The molecule has 3 atom stereocenters. The maximum Gasteiger partial charge on any atom is 0.350 e. The van der Waals surface area contributed by atoms with Crippen LogP contribution in [0.2, 0.25) is 0 Å². The largest absolute Gasteiger partial charge is 0.497 e. The number of thioether (sulfide) groups is 1. The number of carbonyl (C=O) groups is 1. The average molecular weight is 675 g/mol. The van der Waals surface area contributed by atoms with Gasteiger partial charge in [-0.2, -0.15) is 4.98 Å². The number of aliphatic hydroxyl groups excluding tert-OH is 1. The minimum atomic E-state index is -1.09. The van der Waals surface area contributed by atoms with Crippen molar-refractivity contribution < 1.29 is 33.6 Å². The highest BCUT2D eigenvalue weighted by Gasteiger charge is 2.42. The summed E-state index contributed by atoms with van der Waals surface area (Å²) in [5.41, 5.74) is 1.04. The Bertz CT molecular complexity index is 1690. The molecule has 0 saturated carbocycles. The third kappa shape index (κ3) is 7.60. The van der Waals surface area contributed by atoms with E-state index in [1.807, 2.05) is 85.8 Å². The van der Waals surface area contributed by atoms with Crippen LogP contribution >= 0.6 is 11.8 Å². The molecule has 2 heterocycles. The zero-order valence-electron chi connectivity index (χ0n) is 28.0. The molecule has 4 aromatic rings. The van der Waals surface area contributed by atoms with Gasteiger partial charge in [0.15, 0.2) is 0 Å². The first kappa shape index (κ1) is 35.2. The minimum Gasteiger partial charge on any atom is -0.497 e. The number of rotatable bonds is 12. The first-order valence-electron chi connectivity index (χ1n) is 15.7. The van der Waals surface area contributed by atoms with Gasteiger partial charge < -0.3 is 28.8 Å². The minimum absolute atomic E-state index is 0.0128. The molecular formula is C37H42N2O8S. The molecule has 11 heteroatoms. The third-order valence-electron chi connectivity index (χ3n) is 8.24. The van der Waals surface area contributed by atoms with E-state index in [0.29, 0.717) is 22.1 Å². The molecule has 1 aliphatic heterocycles. The molecule has 1 saturated heterocycles. The van der Waals surface area contributed by atoms with E-state index < -0.39 is 35.1 Å². The Balaban J connectivity index is 1.40. The zero-order chi connectivity index (χ0) is 34.5. The Morgan fingerprint density at radius 2 is 1.50 bits per heavy atom. The van der Waals surface area contributed by atoms with Crippen LogP contribution in [0.4, 0.5) is 0 Å². The Kier molecular flexibility index (Phi) is 10.9.